The van der Waals surface area contributed by atoms with E-state index >= 15 is 0 Å². The van der Waals surface area contributed by atoms with E-state index in [1.807, 2.05) is 30.3 Å². The van der Waals surface area contributed by atoms with Crippen LogP contribution < -0.4 is 5.32 Å². The van der Waals surface area contributed by atoms with Gasteiger partial charge in [0.15, 0.2) is 0 Å². The molecule has 0 saturated heterocycles. The lowest BCUT2D eigenvalue weighted by Crippen LogP contribution is -2.23. The van der Waals surface area contributed by atoms with E-state index < -0.39 is 0 Å². The predicted octanol–water partition coefficient (Wildman–Crippen LogP) is 3.99. The number of imidazole rings is 1. The molecule has 0 spiro atoms. The van der Waals surface area contributed by atoms with Gasteiger partial charge in [0.25, 0.3) is 5.91 Å². The lowest BCUT2D eigenvalue weighted by atomic mass is 10.2. The zero-order valence-electron chi connectivity index (χ0n) is 14.9. The highest BCUT2D eigenvalue weighted by Gasteiger charge is 2.12. The van der Waals surface area contributed by atoms with Crippen molar-refractivity contribution in [3.05, 3.63) is 100 Å². The third kappa shape index (κ3) is 4.15. The molecule has 0 bridgehead atoms. The van der Waals surface area contributed by atoms with Crippen molar-refractivity contribution in [3.8, 4) is 5.69 Å². The van der Waals surface area contributed by atoms with Gasteiger partial charge in [-0.05, 0) is 23.3 Å². The first kappa shape index (κ1) is 18.1. The second-order valence-corrected chi connectivity index (χ2v) is 7.17. The smallest absolute Gasteiger partial charge is 0.271 e. The number of nitrogens with one attached hydrogen (secondary N) is 1. The van der Waals surface area contributed by atoms with Crippen LogP contribution in [0.2, 0.25) is 0 Å². The minimum atomic E-state index is -0.372. The van der Waals surface area contributed by atoms with Crippen molar-refractivity contribution in [3.63, 3.8) is 0 Å². The Hall–Kier alpha value is -3.32. The molecule has 0 unspecified atom stereocenters. The molecule has 4 rings (SSSR count). The normalized spacial score (nSPS) is 10.8. The lowest BCUT2D eigenvalue weighted by Gasteiger charge is -2.07. The molecule has 0 aliphatic heterocycles. The molecule has 7 heteroatoms. The van der Waals surface area contributed by atoms with Crippen LogP contribution in [-0.4, -0.2) is 20.4 Å². The number of amides is 1. The van der Waals surface area contributed by atoms with Crippen molar-refractivity contribution in [1.29, 1.82) is 0 Å². The highest BCUT2D eigenvalue weighted by Crippen LogP contribution is 2.16. The topological polar surface area (TPSA) is 59.8 Å². The molecule has 28 heavy (non-hydrogen) atoms. The van der Waals surface area contributed by atoms with Gasteiger partial charge in [0, 0.05) is 30.7 Å². The van der Waals surface area contributed by atoms with Crippen LogP contribution in [0.1, 0.15) is 26.6 Å². The van der Waals surface area contributed by atoms with Gasteiger partial charge in [-0.2, -0.15) is 0 Å². The molecule has 0 radical (unpaired) electrons. The molecule has 2 aromatic heterocycles. The van der Waals surface area contributed by atoms with Crippen LogP contribution in [0, 0.1) is 5.82 Å². The predicted molar refractivity (Wildman–Crippen MR) is 106 cm³/mol. The average Bonchev–Trinajstić information content (AvgIpc) is 3.39. The second kappa shape index (κ2) is 8.14. The number of hydrogen-bond donors (Lipinski definition) is 1. The van der Waals surface area contributed by atoms with Crippen LogP contribution >= 0.6 is 11.3 Å². The summed E-state index contributed by atoms with van der Waals surface area (Å²) in [6.45, 7) is 0.228. The highest BCUT2D eigenvalue weighted by molar-refractivity contribution is 7.09. The van der Waals surface area contributed by atoms with E-state index in [-0.39, 0.29) is 18.3 Å². The Balaban J connectivity index is 1.37. The molecule has 2 heterocycles. The fourth-order valence-corrected chi connectivity index (χ4v) is 3.62. The van der Waals surface area contributed by atoms with Crippen molar-refractivity contribution >= 4 is 17.2 Å². The number of rotatable bonds is 6. The number of thiazole rings is 1. The standard InChI is InChI=1S/C21H17FN4OS/c22-17-10-16(6-7-19(17)26-9-8-23-14-26)12-24-21(27)18-13-28-20(25-18)11-15-4-2-1-3-5-15/h1-10,13-14H,11-12H2,(H,24,27). The molecule has 1 N–H and O–H groups in total. The minimum Gasteiger partial charge on any atom is -0.347 e. The Morgan fingerprint density at radius 1 is 1.14 bits per heavy atom. The second-order valence-electron chi connectivity index (χ2n) is 6.23. The summed E-state index contributed by atoms with van der Waals surface area (Å²) < 4.78 is 15.9. The Morgan fingerprint density at radius 2 is 2.00 bits per heavy atom. The Kier molecular flexibility index (Phi) is 5.25. The van der Waals surface area contributed by atoms with E-state index in [4.69, 9.17) is 0 Å². The maximum absolute atomic E-state index is 14.3. The Bertz CT molecular complexity index is 1080. The van der Waals surface area contributed by atoms with Gasteiger partial charge in [0.05, 0.1) is 17.0 Å². The maximum atomic E-state index is 14.3. The lowest BCUT2D eigenvalue weighted by molar-refractivity contribution is 0.0946. The number of halogens is 1. The first-order valence-corrected chi connectivity index (χ1v) is 9.60. The number of carbonyl (C=O) groups is 1. The van der Waals surface area contributed by atoms with Crippen LogP contribution in [0.3, 0.4) is 0 Å². The molecule has 0 atom stereocenters. The molecular weight excluding hydrogens is 375 g/mol. The average molecular weight is 392 g/mol. The quantitative estimate of drug-likeness (QED) is 0.540. The van der Waals surface area contributed by atoms with E-state index in [0.29, 0.717) is 23.4 Å². The molecule has 0 fully saturated rings. The van der Waals surface area contributed by atoms with Crippen LogP contribution in [0.25, 0.3) is 5.69 Å². The van der Waals surface area contributed by atoms with Crippen LogP contribution in [-0.2, 0) is 13.0 Å². The molecule has 0 aliphatic rings. The van der Waals surface area contributed by atoms with Crippen molar-refractivity contribution < 1.29 is 9.18 Å². The molecular formula is C21H17FN4OS. The van der Waals surface area contributed by atoms with Crippen LogP contribution in [0.5, 0.6) is 0 Å². The third-order valence-corrected chi connectivity index (χ3v) is 5.08. The molecule has 1 amide bonds. The highest BCUT2D eigenvalue weighted by atomic mass is 32.1. The first-order chi connectivity index (χ1) is 13.7. The number of carbonyl (C=O) groups excluding carboxylic acids is 1. The van der Waals surface area contributed by atoms with Gasteiger partial charge in [0.1, 0.15) is 11.5 Å². The molecule has 4 aromatic rings. The van der Waals surface area contributed by atoms with Crippen LogP contribution in [0.4, 0.5) is 4.39 Å². The molecule has 2 aromatic carbocycles. The fraction of sp³-hybridized carbons (Fsp3) is 0.0952. The summed E-state index contributed by atoms with van der Waals surface area (Å²) in [6.07, 6.45) is 5.50. The number of benzene rings is 2. The summed E-state index contributed by atoms with van der Waals surface area (Å²) in [7, 11) is 0. The zero-order valence-corrected chi connectivity index (χ0v) is 15.7. The summed E-state index contributed by atoms with van der Waals surface area (Å²) in [6, 6.07) is 14.8. The number of nitrogens with zero attached hydrogens (tertiary/aromatic N) is 3. The SMILES string of the molecule is O=C(NCc1ccc(-n2ccnc2)c(F)c1)c1csc(Cc2ccccc2)n1. The van der Waals surface area contributed by atoms with Gasteiger partial charge in [-0.1, -0.05) is 36.4 Å². The van der Waals surface area contributed by atoms with Gasteiger partial charge in [0.2, 0.25) is 0 Å². The first-order valence-electron chi connectivity index (χ1n) is 8.72. The van der Waals surface area contributed by atoms with Gasteiger partial charge in [-0.3, -0.25) is 4.79 Å². The summed E-state index contributed by atoms with van der Waals surface area (Å²) in [5.41, 5.74) is 2.62. The number of hydrogen-bond acceptors (Lipinski definition) is 4. The van der Waals surface area contributed by atoms with Crippen molar-refractivity contribution in [2.75, 3.05) is 0 Å². The molecule has 140 valence electrons. The van der Waals surface area contributed by atoms with Gasteiger partial charge < -0.3 is 9.88 Å². The van der Waals surface area contributed by atoms with E-state index in [9.17, 15) is 9.18 Å². The van der Waals surface area contributed by atoms with Crippen molar-refractivity contribution in [1.82, 2.24) is 19.9 Å². The molecule has 5 nitrogen and oxygen atoms in total. The molecule has 0 aliphatic carbocycles. The van der Waals surface area contributed by atoms with Gasteiger partial charge >= 0.3 is 0 Å². The summed E-state index contributed by atoms with van der Waals surface area (Å²) >= 11 is 1.46. The minimum absolute atomic E-state index is 0.228. The number of aromatic nitrogens is 3. The maximum Gasteiger partial charge on any atom is 0.271 e. The Morgan fingerprint density at radius 3 is 2.75 bits per heavy atom. The summed E-state index contributed by atoms with van der Waals surface area (Å²) in [5.74, 6) is -0.641. The third-order valence-electron chi connectivity index (χ3n) is 4.23. The largest absolute Gasteiger partial charge is 0.347 e. The van der Waals surface area contributed by atoms with Crippen LogP contribution in [0.15, 0.2) is 72.6 Å². The monoisotopic (exact) mass is 392 g/mol. The van der Waals surface area contributed by atoms with Gasteiger partial charge in [-0.15, -0.1) is 11.3 Å². The van der Waals surface area contributed by atoms with Crippen molar-refractivity contribution in [2.45, 2.75) is 13.0 Å². The van der Waals surface area contributed by atoms with E-state index in [1.54, 1.807) is 34.5 Å². The zero-order chi connectivity index (χ0) is 19.3. The van der Waals surface area contributed by atoms with E-state index in [2.05, 4.69) is 15.3 Å². The van der Waals surface area contributed by atoms with Crippen molar-refractivity contribution in [2.24, 2.45) is 0 Å². The molecule has 0 saturated carbocycles. The Labute approximate surface area is 165 Å². The summed E-state index contributed by atoms with van der Waals surface area (Å²) in [5, 5.41) is 5.42. The van der Waals surface area contributed by atoms with Gasteiger partial charge in [-0.25, -0.2) is 14.4 Å². The fourth-order valence-electron chi connectivity index (χ4n) is 2.81. The van der Waals surface area contributed by atoms with E-state index in [1.165, 1.54) is 23.7 Å². The summed E-state index contributed by atoms with van der Waals surface area (Å²) in [4.78, 5) is 20.7. The van der Waals surface area contributed by atoms with E-state index in [0.717, 1.165) is 10.6 Å².